The van der Waals surface area contributed by atoms with Crippen LogP contribution in [-0.2, 0) is 4.79 Å². The van der Waals surface area contributed by atoms with E-state index in [9.17, 15) is 25.0 Å². The van der Waals surface area contributed by atoms with Gasteiger partial charge in [0.1, 0.15) is 17.3 Å². The van der Waals surface area contributed by atoms with Gasteiger partial charge in [-0.05, 0) is 42.0 Å². The zero-order valence-corrected chi connectivity index (χ0v) is 16.1. The second-order valence-corrected chi connectivity index (χ2v) is 6.18. The summed E-state index contributed by atoms with van der Waals surface area (Å²) in [7, 11) is 4.83. The molecule has 0 unspecified atom stereocenters. The van der Waals surface area contributed by atoms with E-state index in [0.717, 1.165) is 0 Å². The van der Waals surface area contributed by atoms with Crippen LogP contribution in [0.3, 0.4) is 0 Å². The Balaban J connectivity index is 2.23. The molecule has 9 heteroatoms. The maximum Gasteiger partial charge on any atom is 0.292 e. The van der Waals surface area contributed by atoms with Crippen LogP contribution in [0, 0.1) is 21.4 Å². The van der Waals surface area contributed by atoms with Crippen LogP contribution >= 0.6 is 0 Å². The SMILES string of the molecule is CNc1ccc(/C=C(\C#N)C(=O)Nc2ccc(C(=O)N(C)C)cc2)cc1[N+](=O)[O-]. The van der Waals surface area contributed by atoms with Gasteiger partial charge in [0.25, 0.3) is 17.5 Å². The van der Waals surface area contributed by atoms with E-state index in [2.05, 4.69) is 10.6 Å². The third-order valence-electron chi connectivity index (χ3n) is 3.96. The van der Waals surface area contributed by atoms with Crippen LogP contribution in [0.15, 0.2) is 48.0 Å². The lowest BCUT2D eigenvalue weighted by Crippen LogP contribution is -2.21. The van der Waals surface area contributed by atoms with Crippen LogP contribution in [0.2, 0.25) is 0 Å². The van der Waals surface area contributed by atoms with E-state index in [-0.39, 0.29) is 17.2 Å². The summed E-state index contributed by atoms with van der Waals surface area (Å²) in [6, 6.07) is 12.4. The fraction of sp³-hybridized carbons (Fsp3) is 0.150. The lowest BCUT2D eigenvalue weighted by Gasteiger charge is -2.11. The summed E-state index contributed by atoms with van der Waals surface area (Å²) in [4.78, 5) is 36.3. The van der Waals surface area contributed by atoms with Crippen molar-refractivity contribution in [3.63, 3.8) is 0 Å². The Kier molecular flexibility index (Phi) is 6.66. The van der Waals surface area contributed by atoms with Crippen LogP contribution in [0.1, 0.15) is 15.9 Å². The van der Waals surface area contributed by atoms with Gasteiger partial charge in [-0.2, -0.15) is 5.26 Å². The first-order valence-corrected chi connectivity index (χ1v) is 8.48. The maximum absolute atomic E-state index is 12.4. The third kappa shape index (κ3) is 5.17. The van der Waals surface area contributed by atoms with E-state index in [4.69, 9.17) is 0 Å². The molecule has 0 aliphatic rings. The average molecular weight is 393 g/mol. The van der Waals surface area contributed by atoms with Crippen LogP contribution in [-0.4, -0.2) is 42.8 Å². The smallest absolute Gasteiger partial charge is 0.292 e. The lowest BCUT2D eigenvalue weighted by molar-refractivity contribution is -0.384. The highest BCUT2D eigenvalue weighted by molar-refractivity contribution is 6.09. The average Bonchev–Trinajstić information content (AvgIpc) is 2.71. The molecule has 0 radical (unpaired) electrons. The van der Waals surface area contributed by atoms with Gasteiger partial charge < -0.3 is 15.5 Å². The Hall–Kier alpha value is -4.19. The Labute approximate surface area is 167 Å². The van der Waals surface area contributed by atoms with Crippen LogP contribution in [0.5, 0.6) is 0 Å². The van der Waals surface area contributed by atoms with Crippen molar-refractivity contribution in [1.29, 1.82) is 5.26 Å². The largest absolute Gasteiger partial charge is 0.383 e. The number of rotatable bonds is 6. The van der Waals surface area contributed by atoms with E-state index in [0.29, 0.717) is 22.5 Å². The highest BCUT2D eigenvalue weighted by atomic mass is 16.6. The number of hydrogen-bond acceptors (Lipinski definition) is 6. The highest BCUT2D eigenvalue weighted by Gasteiger charge is 2.15. The van der Waals surface area contributed by atoms with Crippen LogP contribution < -0.4 is 10.6 Å². The minimum absolute atomic E-state index is 0.167. The number of carbonyl (C=O) groups is 2. The molecule has 2 aromatic rings. The predicted octanol–water partition coefficient (Wildman–Crippen LogP) is 2.88. The van der Waals surface area contributed by atoms with Gasteiger partial charge in [0.05, 0.1) is 4.92 Å². The number of nitrogens with one attached hydrogen (secondary N) is 2. The molecule has 0 bridgehead atoms. The number of amides is 2. The summed E-state index contributed by atoms with van der Waals surface area (Å²) in [5, 5.41) is 25.8. The number of hydrogen-bond donors (Lipinski definition) is 2. The molecule has 2 N–H and O–H groups in total. The fourth-order valence-corrected chi connectivity index (χ4v) is 2.47. The first-order valence-electron chi connectivity index (χ1n) is 8.48. The molecule has 0 saturated carbocycles. The number of carbonyl (C=O) groups excluding carboxylic acids is 2. The molecule has 2 amide bonds. The normalized spacial score (nSPS) is 10.6. The molecule has 0 aliphatic heterocycles. The summed E-state index contributed by atoms with van der Waals surface area (Å²) >= 11 is 0. The topological polar surface area (TPSA) is 128 Å². The van der Waals surface area contributed by atoms with Crippen molar-refractivity contribution >= 4 is 35.0 Å². The van der Waals surface area contributed by atoms with Crippen molar-refractivity contribution in [2.24, 2.45) is 0 Å². The number of nitrogens with zero attached hydrogens (tertiary/aromatic N) is 3. The minimum Gasteiger partial charge on any atom is -0.383 e. The predicted molar refractivity (Wildman–Crippen MR) is 109 cm³/mol. The van der Waals surface area contributed by atoms with E-state index < -0.39 is 10.8 Å². The molecule has 148 valence electrons. The van der Waals surface area contributed by atoms with Gasteiger partial charge in [0, 0.05) is 38.5 Å². The van der Waals surface area contributed by atoms with Gasteiger partial charge in [0.2, 0.25) is 0 Å². The van der Waals surface area contributed by atoms with E-state index in [1.165, 1.54) is 23.1 Å². The molecular weight excluding hydrogens is 374 g/mol. The Morgan fingerprint density at radius 3 is 2.34 bits per heavy atom. The molecule has 2 aromatic carbocycles. The highest BCUT2D eigenvalue weighted by Crippen LogP contribution is 2.26. The van der Waals surface area contributed by atoms with Gasteiger partial charge in [-0.1, -0.05) is 6.07 Å². The Morgan fingerprint density at radius 1 is 1.17 bits per heavy atom. The van der Waals surface area contributed by atoms with Crippen molar-refractivity contribution in [2.75, 3.05) is 31.8 Å². The molecule has 0 heterocycles. The molecule has 0 atom stereocenters. The Morgan fingerprint density at radius 2 is 1.83 bits per heavy atom. The first-order chi connectivity index (χ1) is 13.8. The van der Waals surface area contributed by atoms with Gasteiger partial charge >= 0.3 is 0 Å². The first kappa shape index (κ1) is 21.1. The van der Waals surface area contributed by atoms with Crippen molar-refractivity contribution in [3.05, 3.63) is 69.3 Å². The lowest BCUT2D eigenvalue weighted by atomic mass is 10.1. The summed E-state index contributed by atoms with van der Waals surface area (Å²) in [5.74, 6) is -0.841. The number of benzene rings is 2. The summed E-state index contributed by atoms with van der Waals surface area (Å²) < 4.78 is 0. The van der Waals surface area contributed by atoms with E-state index in [1.807, 2.05) is 0 Å². The van der Waals surface area contributed by atoms with Gasteiger partial charge in [-0.25, -0.2) is 0 Å². The van der Waals surface area contributed by atoms with E-state index >= 15 is 0 Å². The van der Waals surface area contributed by atoms with Gasteiger partial charge in [0.15, 0.2) is 0 Å². The van der Waals surface area contributed by atoms with Crippen molar-refractivity contribution < 1.29 is 14.5 Å². The maximum atomic E-state index is 12.4. The molecule has 29 heavy (non-hydrogen) atoms. The molecule has 0 saturated heterocycles. The van der Waals surface area contributed by atoms with Crippen LogP contribution in [0.25, 0.3) is 6.08 Å². The second kappa shape index (κ2) is 9.14. The molecule has 0 aromatic heterocycles. The molecule has 0 aliphatic carbocycles. The van der Waals surface area contributed by atoms with E-state index in [1.54, 1.807) is 57.5 Å². The summed E-state index contributed by atoms with van der Waals surface area (Å²) in [5.41, 5.74) is 1.14. The number of nitro groups is 1. The number of anilines is 2. The van der Waals surface area contributed by atoms with Gasteiger partial charge in [-0.15, -0.1) is 0 Å². The zero-order chi connectivity index (χ0) is 21.6. The standard InChI is InChI=1S/C20H19N5O4/c1-22-17-9-4-13(11-18(17)25(28)29)10-15(12-21)19(26)23-16-7-5-14(6-8-16)20(27)24(2)3/h4-11,22H,1-3H3,(H,23,26)/b15-10+. The fourth-order valence-electron chi connectivity index (χ4n) is 2.47. The van der Waals surface area contributed by atoms with Crippen LogP contribution in [0.4, 0.5) is 17.1 Å². The second-order valence-electron chi connectivity index (χ2n) is 6.18. The monoisotopic (exact) mass is 393 g/mol. The van der Waals surface area contributed by atoms with Crippen molar-refractivity contribution in [2.45, 2.75) is 0 Å². The summed E-state index contributed by atoms with van der Waals surface area (Å²) in [6.07, 6.45) is 1.27. The minimum atomic E-state index is -0.667. The molecule has 0 fully saturated rings. The zero-order valence-electron chi connectivity index (χ0n) is 16.1. The van der Waals surface area contributed by atoms with Crippen molar-refractivity contribution in [3.8, 4) is 6.07 Å². The number of nitro benzene ring substituents is 1. The molecular formula is C20H19N5O4. The van der Waals surface area contributed by atoms with Crippen molar-refractivity contribution in [1.82, 2.24) is 4.90 Å². The number of nitriles is 1. The Bertz CT molecular complexity index is 1020. The van der Waals surface area contributed by atoms with Gasteiger partial charge in [-0.3, -0.25) is 19.7 Å². The molecule has 2 rings (SSSR count). The quantitative estimate of drug-likeness (QED) is 0.336. The molecule has 0 spiro atoms. The third-order valence-corrected chi connectivity index (χ3v) is 3.96. The molecule has 9 nitrogen and oxygen atoms in total. The summed E-state index contributed by atoms with van der Waals surface area (Å²) in [6.45, 7) is 0.